The van der Waals surface area contributed by atoms with Gasteiger partial charge in [0.1, 0.15) is 0 Å². The Labute approximate surface area is 212 Å². The third-order valence-electron chi connectivity index (χ3n) is 5.60. The van der Waals surface area contributed by atoms with Crippen molar-refractivity contribution >= 4 is 65.7 Å². The zero-order valence-electron chi connectivity index (χ0n) is 18.3. The Morgan fingerprint density at radius 1 is 0.343 bits per heavy atom. The molecule has 0 amide bonds. The predicted octanol–water partition coefficient (Wildman–Crippen LogP) is 7.84. The van der Waals surface area contributed by atoms with Crippen LogP contribution >= 0.6 is 0 Å². The molecular weight excluding hydrogens is 529 g/mol. The van der Waals surface area contributed by atoms with E-state index in [9.17, 15) is 0 Å². The van der Waals surface area contributed by atoms with E-state index in [1.54, 1.807) is 24.8 Å². The van der Waals surface area contributed by atoms with Gasteiger partial charge in [-0.25, -0.2) is 9.97 Å². The van der Waals surface area contributed by atoms with Crippen LogP contribution in [0.3, 0.4) is 0 Å². The summed E-state index contributed by atoms with van der Waals surface area (Å²) in [4.78, 5) is 28.7. The van der Waals surface area contributed by atoms with Gasteiger partial charge in [0.05, 0.1) is 44.1 Å². The van der Waals surface area contributed by atoms with Crippen LogP contribution < -0.4 is 0 Å². The maximum Gasteiger partial charge on any atom is 4.00 e. The topological polar surface area (TPSA) is 211 Å². The molecule has 0 fully saturated rings. The van der Waals surface area contributed by atoms with Crippen molar-refractivity contribution in [3.8, 4) is 0 Å². The number of hydrogen-bond acceptors (Lipinski definition) is 6. The molecule has 2 aromatic carbocycles. The summed E-state index contributed by atoms with van der Waals surface area (Å²) in [5.74, 6) is 0. The molecule has 0 bridgehead atoms. The third-order valence-corrected chi connectivity index (χ3v) is 5.60. The van der Waals surface area contributed by atoms with Crippen LogP contribution in [0.2, 0.25) is 0 Å². The summed E-state index contributed by atoms with van der Waals surface area (Å²) in [6, 6.07) is 15.8. The van der Waals surface area contributed by atoms with Gasteiger partial charge >= 0.3 is 19.5 Å². The van der Waals surface area contributed by atoms with Gasteiger partial charge in [-0.1, -0.05) is 0 Å². The average Bonchev–Trinajstić information content (AvgIpc) is 2.83. The maximum atomic E-state index is 5.14. The van der Waals surface area contributed by atoms with Crippen molar-refractivity contribution in [1.82, 2.24) is 29.9 Å². The van der Waals surface area contributed by atoms with Crippen molar-refractivity contribution in [2.45, 2.75) is 0 Å². The summed E-state index contributed by atoms with van der Waals surface area (Å²) >= 11 is 0. The molecule has 0 saturated carbocycles. The van der Waals surface area contributed by atoms with E-state index < -0.39 is 0 Å². The molecule has 0 unspecified atom stereocenters. The summed E-state index contributed by atoms with van der Waals surface area (Å²) in [5.41, 5.74) is 6.61. The number of nitrogens with zero attached hydrogens (tertiary/aromatic N) is 6. The van der Waals surface area contributed by atoms with Crippen molar-refractivity contribution in [2.24, 2.45) is 0 Å². The molecule has 0 aliphatic heterocycles. The minimum atomic E-state index is 0. The first-order chi connectivity index (χ1) is 14.9. The van der Waals surface area contributed by atoms with E-state index >= 15 is 0 Å². The minimum absolute atomic E-state index is 0. The number of fused-ring (bicyclic) bond motifs is 12. The molecule has 5 aromatic heterocycles. The second-order valence-electron chi connectivity index (χ2n) is 7.22. The molecule has 8 N–H and O–H groups in total. The molecule has 0 saturated heterocycles. The van der Waals surface area contributed by atoms with E-state index in [2.05, 4.69) is 19.9 Å². The van der Waals surface area contributed by atoms with Crippen molar-refractivity contribution < 1.29 is 19.5 Å². The molecule has 10 nitrogen and oxygen atoms in total. The Morgan fingerprint density at radius 2 is 0.571 bits per heavy atom. The van der Waals surface area contributed by atoms with Crippen molar-refractivity contribution in [1.29, 1.82) is 0 Å². The summed E-state index contributed by atoms with van der Waals surface area (Å²) < 4.78 is 0. The van der Waals surface area contributed by atoms with Crippen LogP contribution in [0.4, 0.5) is 0 Å². The fourth-order valence-corrected chi connectivity index (χ4v) is 4.33. The van der Waals surface area contributed by atoms with Crippen LogP contribution in [0, 0.1) is 0 Å². The fraction of sp³-hybridized carbons (Fsp3) is 0. The molecule has 0 atom stereocenters. The second kappa shape index (κ2) is 10.2. The first-order valence-electron chi connectivity index (χ1n) is 9.64. The molecule has 35 heavy (non-hydrogen) atoms. The van der Waals surface area contributed by atoms with Gasteiger partial charge in [-0.15, -0.1) is 0 Å². The summed E-state index contributed by atoms with van der Waals surface area (Å²) in [6.45, 7) is 0. The van der Waals surface area contributed by atoms with E-state index in [1.165, 1.54) is 0 Å². The average molecular weight is 550 g/mol. The Bertz CT molecular complexity index is 1560. The fourth-order valence-electron chi connectivity index (χ4n) is 4.33. The molecule has 7 rings (SSSR count). The van der Waals surface area contributed by atoms with Gasteiger partial charge in [0, 0.05) is 46.3 Å². The van der Waals surface area contributed by atoms with Crippen LogP contribution in [0.15, 0.2) is 73.3 Å². The van der Waals surface area contributed by atoms with Gasteiger partial charge in [0.2, 0.25) is 0 Å². The Morgan fingerprint density at radius 3 is 0.800 bits per heavy atom. The first-order valence-corrected chi connectivity index (χ1v) is 9.64. The molecule has 5 heterocycles. The summed E-state index contributed by atoms with van der Waals surface area (Å²) in [6.07, 6.45) is 7.15. The minimum Gasteiger partial charge on any atom is -0.693 e. The predicted molar refractivity (Wildman–Crippen MR) is 139 cm³/mol. The van der Waals surface area contributed by atoms with Crippen LogP contribution in [-0.2, 0) is 19.5 Å². The Hall–Kier alpha value is -3.86. The number of benzene rings is 2. The summed E-state index contributed by atoms with van der Waals surface area (Å²) in [7, 11) is 0. The standard InChI is InChI=1S/C24H12N6.4H2N.Ru/c1-5-13-17(25-9-1)18-14(6-2-10-26-18)22-21(13)29-23-15-7-3-11-27-19(15)20-16(24(23)30-22)8-4-12-28-20;;;;;/h1-12H;4*1H2;/q;4*-1;+4. The molecule has 0 radical (unpaired) electrons. The molecule has 0 spiro atoms. The molecule has 0 aliphatic carbocycles. The van der Waals surface area contributed by atoms with Crippen LogP contribution in [0.5, 0.6) is 0 Å². The zero-order valence-corrected chi connectivity index (χ0v) is 20.0. The first kappa shape index (κ1) is 27.4. The SMILES string of the molecule is [NH2-].[NH2-].[NH2-].[NH2-].[Ru+4].c1cnc2c(c1)c1nc3c4cccnc4c4ncccc4c3nc1c1cccnc12. The number of nitrogens with two attached hydrogens (primary N) is 4. The van der Waals surface area contributed by atoms with Crippen LogP contribution in [-0.4, -0.2) is 29.9 Å². The van der Waals surface area contributed by atoms with Gasteiger partial charge in [0.25, 0.3) is 0 Å². The number of hydrogen-bond donors (Lipinski definition) is 0. The monoisotopic (exact) mass is 550 g/mol. The van der Waals surface area contributed by atoms with Gasteiger partial charge in [-0.3, -0.25) is 19.9 Å². The maximum absolute atomic E-state index is 5.14. The quantitative estimate of drug-likeness (QED) is 0.104. The van der Waals surface area contributed by atoms with E-state index in [-0.39, 0.29) is 44.1 Å². The van der Waals surface area contributed by atoms with Gasteiger partial charge < -0.3 is 24.6 Å². The largest absolute Gasteiger partial charge is 4.00 e. The molecule has 0 aliphatic rings. The zero-order chi connectivity index (χ0) is 19.7. The van der Waals surface area contributed by atoms with E-state index in [0.29, 0.717) is 0 Å². The third kappa shape index (κ3) is 3.72. The van der Waals surface area contributed by atoms with Crippen molar-refractivity contribution in [3.63, 3.8) is 0 Å². The van der Waals surface area contributed by atoms with Gasteiger partial charge in [-0.05, 0) is 48.5 Å². The summed E-state index contributed by atoms with van der Waals surface area (Å²) in [5, 5.41) is 3.76. The van der Waals surface area contributed by atoms with Crippen molar-refractivity contribution in [2.75, 3.05) is 0 Å². The van der Waals surface area contributed by atoms with E-state index in [1.807, 2.05) is 48.5 Å². The van der Waals surface area contributed by atoms with Crippen LogP contribution in [0.1, 0.15) is 0 Å². The Kier molecular flexibility index (Phi) is 7.97. The normalized spacial score (nSPS) is 10.3. The number of aromatic nitrogens is 6. The van der Waals surface area contributed by atoms with Gasteiger partial charge in [0.15, 0.2) is 0 Å². The molecular formula is C24H20N10Ru. The second-order valence-corrected chi connectivity index (χ2v) is 7.22. The van der Waals surface area contributed by atoms with Crippen molar-refractivity contribution in [3.05, 3.63) is 97.9 Å². The smallest absolute Gasteiger partial charge is 0.693 e. The number of rotatable bonds is 0. The molecule has 7 aromatic rings. The molecule has 11 heteroatoms. The van der Waals surface area contributed by atoms with E-state index in [4.69, 9.17) is 9.97 Å². The van der Waals surface area contributed by atoms with E-state index in [0.717, 1.165) is 65.7 Å². The van der Waals surface area contributed by atoms with Crippen LogP contribution in [0.25, 0.3) is 90.3 Å². The Balaban J connectivity index is 0.000000864. The number of pyridine rings is 4. The molecule has 174 valence electrons. The van der Waals surface area contributed by atoms with Gasteiger partial charge in [-0.2, -0.15) is 0 Å².